The van der Waals surface area contributed by atoms with Crippen molar-refractivity contribution >= 4 is 34.8 Å². The zero-order valence-corrected chi connectivity index (χ0v) is 26.4. The maximum absolute atomic E-state index is 14.3. The van der Waals surface area contributed by atoms with Gasteiger partial charge in [0.1, 0.15) is 5.75 Å². The summed E-state index contributed by atoms with van der Waals surface area (Å²) in [6.45, 7) is 5.77. The third-order valence-electron chi connectivity index (χ3n) is 7.86. The summed E-state index contributed by atoms with van der Waals surface area (Å²) in [5, 5.41) is 11.2. The minimum atomic E-state index is -0.824. The zero-order valence-electron chi connectivity index (χ0n) is 25.6. The highest BCUT2D eigenvalue weighted by Crippen LogP contribution is 2.36. The van der Waals surface area contributed by atoms with Crippen molar-refractivity contribution in [2.24, 2.45) is 4.99 Å². The van der Waals surface area contributed by atoms with Crippen LogP contribution in [0.15, 0.2) is 100 Å². The highest BCUT2D eigenvalue weighted by molar-refractivity contribution is 7.07. The van der Waals surface area contributed by atoms with Gasteiger partial charge in [0.15, 0.2) is 4.80 Å². The van der Waals surface area contributed by atoms with E-state index in [9.17, 15) is 19.7 Å². The Hall–Kier alpha value is -5.55. The van der Waals surface area contributed by atoms with Gasteiger partial charge in [-0.25, -0.2) is 9.79 Å². The largest absolute Gasteiger partial charge is 0.497 e. The van der Waals surface area contributed by atoms with Crippen LogP contribution in [0.1, 0.15) is 41.0 Å². The predicted molar refractivity (Wildman–Crippen MR) is 176 cm³/mol. The summed E-state index contributed by atoms with van der Waals surface area (Å²) < 4.78 is 15.0. The van der Waals surface area contributed by atoms with Gasteiger partial charge >= 0.3 is 5.97 Å². The average Bonchev–Trinajstić information content (AvgIpc) is 3.53. The van der Waals surface area contributed by atoms with Crippen LogP contribution in [0.2, 0.25) is 0 Å². The molecule has 11 heteroatoms. The van der Waals surface area contributed by atoms with E-state index < -0.39 is 16.9 Å². The van der Waals surface area contributed by atoms with E-state index in [2.05, 4.69) is 0 Å². The number of rotatable bonds is 8. The summed E-state index contributed by atoms with van der Waals surface area (Å²) in [6, 6.07) is 24.2. The standard InChI is InChI=1S/C35H30N4O6S/c1-5-45-34(41)30-31(23-10-7-6-8-11-23)36-35-38(32(30)24-12-9-13-28(19-24)44-4)33(40)29(46-35)20-25-18-21(2)37(22(25)3)26-14-16-27(17-15-26)39(42)43/h6-20,32H,5H2,1-4H3/b29-20-/t32-/m0/s1. The topological polar surface area (TPSA) is 118 Å². The average molecular weight is 635 g/mol. The second kappa shape index (κ2) is 12.4. The maximum atomic E-state index is 14.3. The van der Waals surface area contributed by atoms with Crippen LogP contribution in [0.25, 0.3) is 17.5 Å². The molecular formula is C35H30N4O6S. The van der Waals surface area contributed by atoms with Gasteiger partial charge in [-0.05, 0) is 68.3 Å². The Labute approximate surface area is 268 Å². The number of hydrogen-bond donors (Lipinski definition) is 0. The molecule has 5 aromatic rings. The summed E-state index contributed by atoms with van der Waals surface area (Å²) in [4.78, 5) is 44.1. The quantitative estimate of drug-likeness (QED) is 0.131. The number of fused-ring (bicyclic) bond motifs is 1. The second-order valence-corrected chi connectivity index (χ2v) is 11.7. The Morgan fingerprint density at radius 3 is 2.46 bits per heavy atom. The number of ether oxygens (including phenoxy) is 2. The lowest BCUT2D eigenvalue weighted by Gasteiger charge is -2.26. The molecule has 0 unspecified atom stereocenters. The van der Waals surface area contributed by atoms with Gasteiger partial charge in [-0.3, -0.25) is 19.5 Å². The molecule has 10 nitrogen and oxygen atoms in total. The fourth-order valence-corrected chi connectivity index (χ4v) is 6.75. The SMILES string of the molecule is CCOC(=O)C1=C(c2ccccc2)N=c2s/c(=C\c3cc(C)n(-c4ccc([N+](=O)[O-])cc4)c3C)c(=O)n2[C@H]1c1cccc(OC)c1. The first-order valence-corrected chi connectivity index (χ1v) is 15.4. The number of nitrogens with zero attached hydrogens (tertiary/aromatic N) is 4. The number of carbonyl (C=O) groups excluding carboxylic acids is 1. The molecular weight excluding hydrogens is 604 g/mol. The van der Waals surface area contributed by atoms with Crippen molar-refractivity contribution < 1.29 is 19.2 Å². The molecule has 3 heterocycles. The van der Waals surface area contributed by atoms with E-state index in [1.807, 2.05) is 79.1 Å². The first-order chi connectivity index (χ1) is 22.2. The molecule has 3 aromatic carbocycles. The van der Waals surface area contributed by atoms with Gasteiger partial charge in [0, 0.05) is 34.8 Å². The first-order valence-electron chi connectivity index (χ1n) is 14.6. The molecule has 1 aliphatic rings. The van der Waals surface area contributed by atoms with Crippen molar-refractivity contribution in [1.82, 2.24) is 9.13 Å². The Morgan fingerprint density at radius 1 is 1.04 bits per heavy atom. The number of carbonyl (C=O) groups is 1. The normalized spacial score (nSPS) is 14.5. The number of nitro groups is 1. The molecule has 0 radical (unpaired) electrons. The molecule has 1 atom stereocenters. The molecule has 46 heavy (non-hydrogen) atoms. The van der Waals surface area contributed by atoms with Crippen LogP contribution in [0, 0.1) is 24.0 Å². The number of thiazole rings is 1. The third kappa shape index (κ3) is 5.45. The van der Waals surface area contributed by atoms with Crippen LogP contribution in [-0.2, 0) is 9.53 Å². The number of esters is 1. The number of benzene rings is 3. The van der Waals surface area contributed by atoms with Gasteiger partial charge < -0.3 is 14.0 Å². The molecule has 0 saturated heterocycles. The van der Waals surface area contributed by atoms with Gasteiger partial charge in [-0.1, -0.05) is 53.8 Å². The summed E-state index contributed by atoms with van der Waals surface area (Å²) in [5.74, 6) is 0.0265. The van der Waals surface area contributed by atoms with Crippen molar-refractivity contribution in [2.75, 3.05) is 13.7 Å². The highest BCUT2D eigenvalue weighted by Gasteiger charge is 2.35. The summed E-state index contributed by atoms with van der Waals surface area (Å²) in [7, 11) is 1.56. The predicted octanol–water partition coefficient (Wildman–Crippen LogP) is 5.26. The van der Waals surface area contributed by atoms with Crippen LogP contribution < -0.4 is 19.6 Å². The Morgan fingerprint density at radius 2 is 1.78 bits per heavy atom. The molecule has 0 fully saturated rings. The van der Waals surface area contributed by atoms with E-state index in [-0.39, 0.29) is 23.4 Å². The smallest absolute Gasteiger partial charge is 0.338 e. The number of nitro benzene ring substituents is 1. The molecule has 232 valence electrons. The van der Waals surface area contributed by atoms with Gasteiger partial charge in [0.25, 0.3) is 11.2 Å². The monoisotopic (exact) mass is 634 g/mol. The van der Waals surface area contributed by atoms with Crippen LogP contribution in [0.3, 0.4) is 0 Å². The number of aromatic nitrogens is 2. The van der Waals surface area contributed by atoms with E-state index >= 15 is 0 Å². The summed E-state index contributed by atoms with van der Waals surface area (Å²) in [6.07, 6.45) is 1.83. The van der Waals surface area contributed by atoms with Crippen LogP contribution in [0.5, 0.6) is 5.75 Å². The van der Waals surface area contributed by atoms with Crippen molar-refractivity contribution in [3.63, 3.8) is 0 Å². The Kier molecular flexibility index (Phi) is 8.25. The Bertz CT molecular complexity index is 2190. The molecule has 0 N–H and O–H groups in total. The third-order valence-corrected chi connectivity index (χ3v) is 8.84. The number of methoxy groups -OCH3 is 1. The molecule has 0 aliphatic carbocycles. The number of hydrogen-bond acceptors (Lipinski definition) is 8. The van der Waals surface area contributed by atoms with Crippen molar-refractivity contribution in [1.29, 1.82) is 0 Å². The van der Waals surface area contributed by atoms with Crippen molar-refractivity contribution in [3.05, 3.63) is 148 Å². The maximum Gasteiger partial charge on any atom is 0.338 e. The second-order valence-electron chi connectivity index (χ2n) is 10.6. The summed E-state index contributed by atoms with van der Waals surface area (Å²) >= 11 is 1.24. The van der Waals surface area contributed by atoms with Crippen LogP contribution in [0.4, 0.5) is 5.69 Å². The minimum Gasteiger partial charge on any atom is -0.497 e. The summed E-state index contributed by atoms with van der Waals surface area (Å²) in [5.41, 5.74) is 5.15. The van der Waals surface area contributed by atoms with Gasteiger partial charge in [0.05, 0.1) is 40.5 Å². The lowest BCUT2D eigenvalue weighted by Crippen LogP contribution is -2.40. The molecule has 0 amide bonds. The fraction of sp³-hybridized carbons (Fsp3) is 0.171. The Balaban J connectivity index is 1.58. The minimum absolute atomic E-state index is 0.00944. The van der Waals surface area contributed by atoms with E-state index in [1.54, 1.807) is 36.8 Å². The molecule has 1 aliphatic heterocycles. The first kappa shape index (κ1) is 30.5. The van der Waals surface area contributed by atoms with Crippen LogP contribution in [-0.4, -0.2) is 33.7 Å². The molecule has 0 bridgehead atoms. The molecule has 2 aromatic heterocycles. The van der Waals surface area contributed by atoms with Crippen LogP contribution >= 0.6 is 11.3 Å². The fourth-order valence-electron chi connectivity index (χ4n) is 5.76. The van der Waals surface area contributed by atoms with Gasteiger partial charge in [-0.15, -0.1) is 0 Å². The zero-order chi connectivity index (χ0) is 32.5. The highest BCUT2D eigenvalue weighted by atomic mass is 32.1. The number of non-ortho nitro benzene ring substituents is 1. The lowest BCUT2D eigenvalue weighted by molar-refractivity contribution is -0.384. The van der Waals surface area contributed by atoms with Crippen molar-refractivity contribution in [3.8, 4) is 11.4 Å². The number of aryl methyl sites for hydroxylation is 1. The van der Waals surface area contributed by atoms with E-state index in [0.717, 1.165) is 28.2 Å². The van der Waals surface area contributed by atoms with E-state index in [0.29, 0.717) is 26.3 Å². The molecule has 0 saturated carbocycles. The molecule has 0 spiro atoms. The van der Waals surface area contributed by atoms with Gasteiger partial charge in [0.2, 0.25) is 0 Å². The lowest BCUT2D eigenvalue weighted by atomic mass is 9.93. The van der Waals surface area contributed by atoms with Gasteiger partial charge in [-0.2, -0.15) is 0 Å². The van der Waals surface area contributed by atoms with E-state index in [1.165, 1.54) is 23.5 Å². The van der Waals surface area contributed by atoms with E-state index in [4.69, 9.17) is 14.5 Å². The van der Waals surface area contributed by atoms with Crippen molar-refractivity contribution in [2.45, 2.75) is 26.8 Å². The molecule has 6 rings (SSSR count).